The lowest BCUT2D eigenvalue weighted by Gasteiger charge is -2.38. The summed E-state index contributed by atoms with van der Waals surface area (Å²) in [6, 6.07) is 137. The summed E-state index contributed by atoms with van der Waals surface area (Å²) in [4.78, 5) is 2.57. The van der Waals surface area contributed by atoms with E-state index in [0.717, 1.165) is 55.6 Å². The number of para-hydroxylation sites is 3. The average Bonchev–Trinajstić information content (AvgIpc) is 1.47. The van der Waals surface area contributed by atoms with Gasteiger partial charge in [0.25, 0.3) is 0 Å². The Bertz CT molecular complexity index is 7280. The predicted molar refractivity (Wildman–Crippen MR) is 441 cm³/mol. The SMILES string of the molecule is c1ccc(N(c2ccc3c(c2)C2(c4ccccc4-c4ccccc42)c2cc4c(cc2-3)C2(c3ccccc3-c3ccccc32)c2ccc3oc5ccccc5c3c2-4)c2ccc3c(c2)C2(c4ccccc4-c4ccccc42)c2c4c(c5oc6ccccc6c5c2-3)-c2ccccc2C42c3ccccc3-c3ccccc32)cc1. The lowest BCUT2D eigenvalue weighted by Crippen LogP contribution is -2.33. The Balaban J connectivity index is 0.755. The van der Waals surface area contributed by atoms with Crippen LogP contribution in [-0.2, 0) is 21.7 Å². The summed E-state index contributed by atoms with van der Waals surface area (Å²) >= 11 is 0. The van der Waals surface area contributed by atoms with Crippen LogP contribution in [0.4, 0.5) is 17.1 Å². The van der Waals surface area contributed by atoms with Crippen LogP contribution in [0.3, 0.4) is 0 Å². The molecule has 17 aromatic carbocycles. The van der Waals surface area contributed by atoms with Crippen molar-refractivity contribution in [3.8, 4) is 89.0 Å². The third-order valence-electron chi connectivity index (χ3n) is 27.1. The molecule has 0 saturated heterocycles. The van der Waals surface area contributed by atoms with Crippen molar-refractivity contribution in [3.05, 3.63) is 447 Å². The topological polar surface area (TPSA) is 29.5 Å². The second-order valence-corrected chi connectivity index (χ2v) is 31.2. The Labute approximate surface area is 628 Å². The first-order valence-corrected chi connectivity index (χ1v) is 38.3. The Morgan fingerprint density at radius 3 is 1.04 bits per heavy atom. The number of furan rings is 2. The van der Waals surface area contributed by atoms with Crippen molar-refractivity contribution in [3.63, 3.8) is 0 Å². The molecule has 0 unspecified atom stereocenters. The van der Waals surface area contributed by atoms with E-state index in [1.165, 1.54) is 183 Å². The van der Waals surface area contributed by atoms with Crippen molar-refractivity contribution in [2.24, 2.45) is 0 Å². The predicted octanol–water partition coefficient (Wildman–Crippen LogP) is 26.3. The Morgan fingerprint density at radius 1 is 0.183 bits per heavy atom. The molecule has 0 N–H and O–H groups in total. The van der Waals surface area contributed by atoms with Crippen LogP contribution >= 0.6 is 0 Å². The van der Waals surface area contributed by atoms with Crippen LogP contribution in [0.15, 0.2) is 367 Å². The van der Waals surface area contributed by atoms with Gasteiger partial charge >= 0.3 is 0 Å². The summed E-state index contributed by atoms with van der Waals surface area (Å²) in [5.41, 5.74) is 44.7. The van der Waals surface area contributed by atoms with E-state index in [4.69, 9.17) is 8.83 Å². The zero-order chi connectivity index (χ0) is 70.5. The lowest BCUT2D eigenvalue weighted by atomic mass is 9.62. The third kappa shape index (κ3) is 6.37. The number of hydrogen-bond acceptors (Lipinski definition) is 3. The van der Waals surface area contributed by atoms with Crippen molar-refractivity contribution < 1.29 is 8.83 Å². The molecule has 109 heavy (non-hydrogen) atoms. The molecule has 0 amide bonds. The minimum atomic E-state index is -0.833. The fourth-order valence-electron chi connectivity index (χ4n) is 23.5. The smallest absolute Gasteiger partial charge is 0.144 e. The second-order valence-electron chi connectivity index (χ2n) is 31.2. The number of hydrogen-bond donors (Lipinski definition) is 0. The molecule has 19 aromatic rings. The molecular formula is C106H59NO2. The average molecular weight is 1380 g/mol. The highest BCUT2D eigenvalue weighted by molar-refractivity contribution is 6.23. The maximum absolute atomic E-state index is 7.59. The lowest BCUT2D eigenvalue weighted by molar-refractivity contribution is 0.667. The van der Waals surface area contributed by atoms with Crippen molar-refractivity contribution in [1.82, 2.24) is 0 Å². The number of benzene rings is 17. The highest BCUT2D eigenvalue weighted by atomic mass is 16.3. The highest BCUT2D eigenvalue weighted by Gasteiger charge is 2.63. The number of rotatable bonds is 3. The van der Waals surface area contributed by atoms with Crippen LogP contribution < -0.4 is 4.90 Å². The summed E-state index contributed by atoms with van der Waals surface area (Å²) in [5, 5.41) is 4.58. The van der Waals surface area contributed by atoms with E-state index in [1.54, 1.807) is 0 Å². The van der Waals surface area contributed by atoms with Gasteiger partial charge < -0.3 is 13.7 Å². The molecule has 0 atom stereocenters. The van der Waals surface area contributed by atoms with Gasteiger partial charge in [0.05, 0.1) is 21.7 Å². The van der Waals surface area contributed by atoms with Gasteiger partial charge in [-0.2, -0.15) is 0 Å². The molecule has 3 nitrogen and oxygen atoms in total. The molecule has 500 valence electrons. The molecule has 8 aliphatic rings. The molecule has 0 fully saturated rings. The third-order valence-corrected chi connectivity index (χ3v) is 27.1. The van der Waals surface area contributed by atoms with E-state index < -0.39 is 21.7 Å². The Morgan fingerprint density at radius 2 is 0.523 bits per heavy atom. The summed E-state index contributed by atoms with van der Waals surface area (Å²) in [6.45, 7) is 0. The minimum Gasteiger partial charge on any atom is -0.456 e. The zero-order valence-corrected chi connectivity index (χ0v) is 58.8. The zero-order valence-electron chi connectivity index (χ0n) is 58.8. The van der Waals surface area contributed by atoms with Gasteiger partial charge in [0.2, 0.25) is 0 Å². The van der Waals surface area contributed by atoms with Crippen molar-refractivity contribution in [2.45, 2.75) is 21.7 Å². The number of anilines is 3. The fourth-order valence-corrected chi connectivity index (χ4v) is 23.5. The largest absolute Gasteiger partial charge is 0.456 e. The molecule has 27 rings (SSSR count). The van der Waals surface area contributed by atoms with Crippen LogP contribution in [-0.4, -0.2) is 0 Å². The van der Waals surface area contributed by atoms with E-state index in [2.05, 4.69) is 363 Å². The first kappa shape index (κ1) is 57.5. The number of fused-ring (bicyclic) bond motifs is 50. The summed E-state index contributed by atoms with van der Waals surface area (Å²) in [7, 11) is 0. The van der Waals surface area contributed by atoms with Crippen molar-refractivity contribution in [2.75, 3.05) is 4.90 Å². The van der Waals surface area contributed by atoms with Crippen molar-refractivity contribution in [1.29, 1.82) is 0 Å². The highest BCUT2D eigenvalue weighted by Crippen LogP contribution is 2.75. The van der Waals surface area contributed by atoms with Gasteiger partial charge in [0.1, 0.15) is 22.3 Å². The van der Waals surface area contributed by atoms with Gasteiger partial charge in [-0.05, 0) is 239 Å². The molecule has 3 heteroatoms. The normalized spacial score (nSPS) is 15.3. The van der Waals surface area contributed by atoms with E-state index in [9.17, 15) is 0 Å². The first-order valence-electron chi connectivity index (χ1n) is 38.3. The molecule has 2 aromatic heterocycles. The van der Waals surface area contributed by atoms with Gasteiger partial charge in [-0.25, -0.2) is 0 Å². The molecule has 4 spiro atoms. The summed E-state index contributed by atoms with van der Waals surface area (Å²) < 4.78 is 14.5. The molecular weight excluding hydrogens is 1320 g/mol. The fraction of sp³-hybridized carbons (Fsp3) is 0.0377. The van der Waals surface area contributed by atoms with E-state index in [1.807, 2.05) is 0 Å². The summed E-state index contributed by atoms with van der Waals surface area (Å²) in [5.74, 6) is 0. The summed E-state index contributed by atoms with van der Waals surface area (Å²) in [6.07, 6.45) is 0. The van der Waals surface area contributed by atoms with E-state index in [-0.39, 0.29) is 0 Å². The van der Waals surface area contributed by atoms with Gasteiger partial charge in [-0.15, -0.1) is 0 Å². The molecule has 0 radical (unpaired) electrons. The van der Waals surface area contributed by atoms with Gasteiger partial charge in [-0.3, -0.25) is 0 Å². The monoisotopic (exact) mass is 1380 g/mol. The molecule has 8 aliphatic carbocycles. The quantitative estimate of drug-likeness (QED) is 0.177. The van der Waals surface area contributed by atoms with Crippen LogP contribution in [0.5, 0.6) is 0 Å². The second kappa shape index (κ2) is 19.8. The Kier molecular flexibility index (Phi) is 10.4. The minimum absolute atomic E-state index is 0.622. The molecule has 2 heterocycles. The van der Waals surface area contributed by atoms with Gasteiger partial charge in [0, 0.05) is 44.2 Å². The van der Waals surface area contributed by atoms with Crippen LogP contribution in [0, 0.1) is 0 Å². The van der Waals surface area contributed by atoms with Crippen LogP contribution in [0.2, 0.25) is 0 Å². The number of nitrogens with zero attached hydrogens (tertiary/aromatic N) is 1. The molecule has 0 aliphatic heterocycles. The molecule has 0 bridgehead atoms. The standard InChI is InChI=1S/C106H59NO2/c1-2-26-60(27-3-1)107(61-50-52-71-76-58-91-77(59-90(76)104(88(71)56-61)80-41-17-6-30-65(80)66-31-7-18-42-81(66)104)95-87(54-55-94-96(95)74-37-13-24-48-92(74)108-94)103(91)78-39-15-4-28-63(78)64-29-5-16-40-79(64)103)62-51-53-73-89(57-62)106(84-45-21-10-34-69(84)70-35-11-22-46-85(70)106)100-97(73)98-75-38-14-25-49-93(75)109-102(98)99-72-36-12-23-47-86(72)105(101(99)100)82-43-19-8-32-67(82)68-33-9-20-44-83(68)105/h1-59H. The Hall–Kier alpha value is -13.9. The molecule has 0 saturated carbocycles. The van der Waals surface area contributed by atoms with E-state index >= 15 is 0 Å². The van der Waals surface area contributed by atoms with Gasteiger partial charge in [0.15, 0.2) is 0 Å². The maximum atomic E-state index is 7.59. The first-order chi connectivity index (χ1) is 54.1. The van der Waals surface area contributed by atoms with E-state index in [0.29, 0.717) is 0 Å². The maximum Gasteiger partial charge on any atom is 0.144 e. The van der Waals surface area contributed by atoms with Crippen molar-refractivity contribution >= 4 is 60.9 Å². The van der Waals surface area contributed by atoms with Gasteiger partial charge in [-0.1, -0.05) is 291 Å². The van der Waals surface area contributed by atoms with Crippen LogP contribution in [0.1, 0.15) is 89.0 Å². The van der Waals surface area contributed by atoms with Crippen LogP contribution in [0.25, 0.3) is 133 Å².